The molecule has 6 heteroatoms. The van der Waals surface area contributed by atoms with E-state index in [1.807, 2.05) is 29.2 Å². The lowest BCUT2D eigenvalue weighted by molar-refractivity contribution is 0.0789. The zero-order chi connectivity index (χ0) is 16.6. The summed E-state index contributed by atoms with van der Waals surface area (Å²) in [6, 6.07) is 7.56. The van der Waals surface area contributed by atoms with Gasteiger partial charge < -0.3 is 10.6 Å². The van der Waals surface area contributed by atoms with Gasteiger partial charge in [0.15, 0.2) is 0 Å². The lowest BCUT2D eigenvalue weighted by Crippen LogP contribution is -2.32. The van der Waals surface area contributed by atoms with Gasteiger partial charge in [0.25, 0.3) is 5.91 Å². The SMILES string of the molecule is CC(C)c1c(C(=O)N2CC[C@H](N)C2)cnn1-c1cccc(Cl)c1. The number of halogens is 1. The van der Waals surface area contributed by atoms with Crippen molar-refractivity contribution < 1.29 is 4.79 Å². The third kappa shape index (κ3) is 3.12. The maximum atomic E-state index is 12.8. The Balaban J connectivity index is 2.01. The Morgan fingerprint density at radius 1 is 1.43 bits per heavy atom. The zero-order valence-corrected chi connectivity index (χ0v) is 14.1. The van der Waals surface area contributed by atoms with E-state index in [0.717, 1.165) is 17.8 Å². The molecule has 1 fully saturated rings. The third-order valence-corrected chi connectivity index (χ3v) is 4.38. The number of likely N-dealkylation sites (tertiary alicyclic amines) is 1. The molecule has 5 nitrogen and oxygen atoms in total. The number of hydrogen-bond acceptors (Lipinski definition) is 3. The van der Waals surface area contributed by atoms with Crippen molar-refractivity contribution in [3.63, 3.8) is 0 Å². The van der Waals surface area contributed by atoms with E-state index in [1.54, 1.807) is 10.9 Å². The highest BCUT2D eigenvalue weighted by molar-refractivity contribution is 6.30. The van der Waals surface area contributed by atoms with Gasteiger partial charge >= 0.3 is 0 Å². The van der Waals surface area contributed by atoms with Crippen LogP contribution in [0.3, 0.4) is 0 Å². The smallest absolute Gasteiger partial charge is 0.257 e. The van der Waals surface area contributed by atoms with Crippen molar-refractivity contribution in [3.8, 4) is 5.69 Å². The van der Waals surface area contributed by atoms with Crippen LogP contribution in [0.1, 0.15) is 42.2 Å². The highest BCUT2D eigenvalue weighted by Gasteiger charge is 2.29. The fourth-order valence-electron chi connectivity index (χ4n) is 3.03. The zero-order valence-electron chi connectivity index (χ0n) is 13.4. The summed E-state index contributed by atoms with van der Waals surface area (Å²) in [5.74, 6) is 0.168. The molecule has 0 spiro atoms. The normalized spacial score (nSPS) is 18.0. The average Bonchev–Trinajstić information content (AvgIpc) is 3.12. The largest absolute Gasteiger partial charge is 0.337 e. The van der Waals surface area contributed by atoms with Crippen LogP contribution in [0.2, 0.25) is 5.02 Å². The molecule has 1 atom stereocenters. The van der Waals surface area contributed by atoms with E-state index in [9.17, 15) is 4.79 Å². The summed E-state index contributed by atoms with van der Waals surface area (Å²) in [6.07, 6.45) is 2.51. The second-order valence-electron chi connectivity index (χ2n) is 6.29. The van der Waals surface area contributed by atoms with Crippen LogP contribution in [0.25, 0.3) is 5.69 Å². The summed E-state index contributed by atoms with van der Waals surface area (Å²) in [5, 5.41) is 5.08. The van der Waals surface area contributed by atoms with Crippen molar-refractivity contribution >= 4 is 17.5 Å². The minimum absolute atomic E-state index is 0.00919. The molecule has 2 aromatic rings. The molecule has 1 aromatic carbocycles. The predicted molar refractivity (Wildman–Crippen MR) is 91.2 cm³/mol. The number of carbonyl (C=O) groups is 1. The maximum Gasteiger partial charge on any atom is 0.257 e. The van der Waals surface area contributed by atoms with Crippen LogP contribution in [-0.2, 0) is 0 Å². The predicted octanol–water partition coefficient (Wildman–Crippen LogP) is 2.82. The molecule has 0 radical (unpaired) electrons. The number of nitrogens with zero attached hydrogens (tertiary/aromatic N) is 3. The van der Waals surface area contributed by atoms with Gasteiger partial charge in [0.1, 0.15) is 0 Å². The number of benzene rings is 1. The molecular weight excluding hydrogens is 312 g/mol. The summed E-state index contributed by atoms with van der Waals surface area (Å²) in [7, 11) is 0. The number of hydrogen-bond donors (Lipinski definition) is 1. The van der Waals surface area contributed by atoms with Gasteiger partial charge in [-0.05, 0) is 30.5 Å². The molecule has 0 unspecified atom stereocenters. The van der Waals surface area contributed by atoms with Crippen LogP contribution in [0.5, 0.6) is 0 Å². The van der Waals surface area contributed by atoms with Gasteiger partial charge in [0.05, 0.1) is 23.1 Å². The van der Waals surface area contributed by atoms with Gasteiger partial charge in [-0.1, -0.05) is 31.5 Å². The van der Waals surface area contributed by atoms with Crippen LogP contribution < -0.4 is 5.73 Å². The van der Waals surface area contributed by atoms with Crippen LogP contribution in [0, 0.1) is 0 Å². The molecule has 1 aliphatic heterocycles. The van der Waals surface area contributed by atoms with E-state index < -0.39 is 0 Å². The van der Waals surface area contributed by atoms with Gasteiger partial charge in [-0.25, -0.2) is 4.68 Å². The Hall–Kier alpha value is -1.85. The average molecular weight is 333 g/mol. The number of carbonyl (C=O) groups excluding carboxylic acids is 1. The Morgan fingerprint density at radius 3 is 2.83 bits per heavy atom. The molecule has 23 heavy (non-hydrogen) atoms. The highest BCUT2D eigenvalue weighted by Crippen LogP contribution is 2.26. The van der Waals surface area contributed by atoms with E-state index in [-0.39, 0.29) is 17.9 Å². The minimum atomic E-state index is 0.00919. The topological polar surface area (TPSA) is 64.2 Å². The van der Waals surface area contributed by atoms with E-state index in [2.05, 4.69) is 18.9 Å². The molecule has 1 aromatic heterocycles. The number of nitrogens with two attached hydrogens (primary N) is 1. The molecule has 2 heterocycles. The summed E-state index contributed by atoms with van der Waals surface area (Å²) >= 11 is 6.09. The van der Waals surface area contributed by atoms with Crippen LogP contribution in [0.4, 0.5) is 0 Å². The number of aromatic nitrogens is 2. The van der Waals surface area contributed by atoms with Crippen molar-refractivity contribution in [2.45, 2.75) is 32.2 Å². The number of rotatable bonds is 3. The molecule has 2 N–H and O–H groups in total. The standard InChI is InChI=1S/C17H21ClN4O/c1-11(2)16-15(17(23)21-7-6-13(19)10-21)9-20-22(16)14-5-3-4-12(18)8-14/h3-5,8-9,11,13H,6-7,10,19H2,1-2H3/t13-/m0/s1. The Morgan fingerprint density at radius 2 is 2.22 bits per heavy atom. The highest BCUT2D eigenvalue weighted by atomic mass is 35.5. The first-order valence-corrected chi connectivity index (χ1v) is 8.24. The van der Waals surface area contributed by atoms with Crippen molar-refractivity contribution in [1.29, 1.82) is 0 Å². The second-order valence-corrected chi connectivity index (χ2v) is 6.73. The van der Waals surface area contributed by atoms with E-state index in [1.165, 1.54) is 0 Å². The molecular formula is C17H21ClN4O. The summed E-state index contributed by atoms with van der Waals surface area (Å²) in [5.41, 5.74) is 8.33. The Kier molecular flexibility index (Phi) is 4.41. The summed E-state index contributed by atoms with van der Waals surface area (Å²) < 4.78 is 1.81. The Bertz CT molecular complexity index is 725. The van der Waals surface area contributed by atoms with E-state index in [0.29, 0.717) is 23.7 Å². The molecule has 1 aliphatic rings. The molecule has 0 bridgehead atoms. The van der Waals surface area contributed by atoms with Gasteiger partial charge in [-0.15, -0.1) is 0 Å². The molecule has 0 aliphatic carbocycles. The fraction of sp³-hybridized carbons (Fsp3) is 0.412. The lowest BCUT2D eigenvalue weighted by atomic mass is 10.0. The first-order valence-electron chi connectivity index (χ1n) is 7.86. The van der Waals surface area contributed by atoms with Crippen LogP contribution in [-0.4, -0.2) is 39.7 Å². The molecule has 1 saturated heterocycles. The monoisotopic (exact) mass is 332 g/mol. The molecule has 122 valence electrons. The van der Waals surface area contributed by atoms with E-state index >= 15 is 0 Å². The molecule has 0 saturated carbocycles. The Labute approximate surface area is 141 Å². The van der Waals surface area contributed by atoms with Gasteiger partial charge in [-0.3, -0.25) is 4.79 Å². The summed E-state index contributed by atoms with van der Waals surface area (Å²) in [4.78, 5) is 14.6. The first-order chi connectivity index (χ1) is 11.0. The van der Waals surface area contributed by atoms with Gasteiger partial charge in [0.2, 0.25) is 0 Å². The number of amides is 1. The fourth-order valence-corrected chi connectivity index (χ4v) is 3.22. The third-order valence-electron chi connectivity index (χ3n) is 4.15. The van der Waals surface area contributed by atoms with Crippen molar-refractivity contribution in [2.75, 3.05) is 13.1 Å². The second kappa shape index (κ2) is 6.34. The first kappa shape index (κ1) is 16.0. The van der Waals surface area contributed by atoms with Gasteiger partial charge in [-0.2, -0.15) is 5.10 Å². The maximum absolute atomic E-state index is 12.8. The quantitative estimate of drug-likeness (QED) is 0.940. The van der Waals surface area contributed by atoms with Crippen molar-refractivity contribution in [2.24, 2.45) is 5.73 Å². The van der Waals surface area contributed by atoms with E-state index in [4.69, 9.17) is 17.3 Å². The molecule has 1 amide bonds. The van der Waals surface area contributed by atoms with Crippen molar-refractivity contribution in [1.82, 2.24) is 14.7 Å². The van der Waals surface area contributed by atoms with Crippen molar-refractivity contribution in [3.05, 3.63) is 46.7 Å². The lowest BCUT2D eigenvalue weighted by Gasteiger charge is -2.18. The van der Waals surface area contributed by atoms with Crippen LogP contribution in [0.15, 0.2) is 30.5 Å². The summed E-state index contributed by atoms with van der Waals surface area (Å²) in [6.45, 7) is 5.44. The minimum Gasteiger partial charge on any atom is -0.337 e. The van der Waals surface area contributed by atoms with Gasteiger partial charge in [0, 0.05) is 24.2 Å². The van der Waals surface area contributed by atoms with Crippen LogP contribution >= 0.6 is 11.6 Å². The molecule has 3 rings (SSSR count).